The Balaban J connectivity index is 2.07. The van der Waals surface area contributed by atoms with Gasteiger partial charge in [0.1, 0.15) is 11.5 Å². The normalized spacial score (nSPS) is 10.5. The van der Waals surface area contributed by atoms with E-state index in [0.29, 0.717) is 11.4 Å². The van der Waals surface area contributed by atoms with Crippen LogP contribution >= 0.6 is 0 Å². The molecule has 23 heavy (non-hydrogen) atoms. The molecule has 0 fully saturated rings. The van der Waals surface area contributed by atoms with Gasteiger partial charge >= 0.3 is 0 Å². The maximum atomic E-state index is 11.9. The molecule has 0 aliphatic heterocycles. The average Bonchev–Trinajstić information content (AvgIpc) is 3.01. The number of carbonyl (C=O) groups is 1. The number of hydrogen-bond acceptors (Lipinski definition) is 4. The molecule has 1 aromatic heterocycles. The third kappa shape index (κ3) is 2.94. The van der Waals surface area contributed by atoms with Crippen molar-refractivity contribution in [1.29, 1.82) is 0 Å². The van der Waals surface area contributed by atoms with E-state index in [1.165, 1.54) is 11.6 Å². The number of aromatic hydroxyl groups is 1. The van der Waals surface area contributed by atoms with Gasteiger partial charge in [0.15, 0.2) is 0 Å². The fourth-order valence-electron chi connectivity index (χ4n) is 2.36. The molecule has 0 aliphatic carbocycles. The lowest BCUT2D eigenvalue weighted by molar-refractivity contribution is 0.0923. The van der Waals surface area contributed by atoms with Crippen molar-refractivity contribution in [3.63, 3.8) is 0 Å². The van der Waals surface area contributed by atoms with Gasteiger partial charge in [-0.2, -0.15) is 9.78 Å². The van der Waals surface area contributed by atoms with Gasteiger partial charge in [0.05, 0.1) is 18.5 Å². The zero-order valence-corrected chi connectivity index (χ0v) is 12.9. The predicted octanol–water partition coefficient (Wildman–Crippen LogP) is 3.59. The number of carbonyl (C=O) groups excluding carboxylic acids is 1. The number of rotatable bonds is 3. The number of aromatic nitrogens is 2. The Morgan fingerprint density at radius 3 is 2.22 bits per heavy atom. The molecule has 1 heterocycles. The number of phenols is 1. The van der Waals surface area contributed by atoms with Crippen molar-refractivity contribution in [2.45, 2.75) is 6.92 Å². The fraction of sp³-hybridized carbons (Fsp3) is 0.111. The highest BCUT2D eigenvalue weighted by Crippen LogP contribution is 2.28. The monoisotopic (exact) mass is 308 g/mol. The van der Waals surface area contributed by atoms with Crippen LogP contribution in [0.1, 0.15) is 11.7 Å². The molecule has 116 valence electrons. The van der Waals surface area contributed by atoms with Crippen LogP contribution < -0.4 is 4.74 Å². The van der Waals surface area contributed by atoms with Crippen molar-refractivity contribution < 1.29 is 14.6 Å². The summed E-state index contributed by atoms with van der Waals surface area (Å²) in [5.74, 6) is 0.768. The van der Waals surface area contributed by atoms with Crippen LogP contribution in [0, 0.1) is 0 Å². The summed E-state index contributed by atoms with van der Waals surface area (Å²) in [5, 5.41) is 13.8. The quantitative estimate of drug-likeness (QED) is 0.803. The SMILES string of the molecule is COc1ccc(-c2cc(-c3ccc(O)cc3)n(C(C)=O)n2)cc1. The molecule has 0 atom stereocenters. The van der Waals surface area contributed by atoms with Gasteiger partial charge < -0.3 is 9.84 Å². The summed E-state index contributed by atoms with van der Waals surface area (Å²) in [6, 6.07) is 16.0. The smallest absolute Gasteiger partial charge is 0.244 e. The molecule has 0 aliphatic rings. The Bertz CT molecular complexity index is 834. The first-order valence-corrected chi connectivity index (χ1v) is 7.13. The minimum Gasteiger partial charge on any atom is -0.508 e. The highest BCUT2D eigenvalue weighted by molar-refractivity contribution is 5.83. The number of phenolic OH excluding ortho intramolecular Hbond substituents is 1. The first kappa shape index (κ1) is 14.8. The van der Waals surface area contributed by atoms with Crippen LogP contribution in [0.3, 0.4) is 0 Å². The van der Waals surface area contributed by atoms with E-state index in [0.717, 1.165) is 16.9 Å². The van der Waals surface area contributed by atoms with Crippen molar-refractivity contribution in [1.82, 2.24) is 9.78 Å². The summed E-state index contributed by atoms with van der Waals surface area (Å²) in [4.78, 5) is 11.9. The molecule has 0 bridgehead atoms. The largest absolute Gasteiger partial charge is 0.508 e. The van der Waals surface area contributed by atoms with E-state index in [9.17, 15) is 9.90 Å². The highest BCUT2D eigenvalue weighted by atomic mass is 16.5. The molecule has 0 unspecified atom stereocenters. The van der Waals surface area contributed by atoms with Crippen LogP contribution in [-0.2, 0) is 0 Å². The zero-order chi connectivity index (χ0) is 16.4. The van der Waals surface area contributed by atoms with Crippen molar-refractivity contribution >= 4 is 5.91 Å². The summed E-state index contributed by atoms with van der Waals surface area (Å²) >= 11 is 0. The van der Waals surface area contributed by atoms with Crippen LogP contribution in [-0.4, -0.2) is 27.9 Å². The molecule has 0 amide bonds. The Morgan fingerprint density at radius 1 is 1.04 bits per heavy atom. The second kappa shape index (κ2) is 5.96. The number of nitrogens with zero attached hydrogens (tertiary/aromatic N) is 2. The van der Waals surface area contributed by atoms with E-state index >= 15 is 0 Å². The van der Waals surface area contributed by atoms with Crippen molar-refractivity contribution in [2.75, 3.05) is 7.11 Å². The van der Waals surface area contributed by atoms with Gasteiger partial charge in [0.2, 0.25) is 5.91 Å². The Morgan fingerprint density at radius 2 is 1.65 bits per heavy atom. The first-order valence-electron chi connectivity index (χ1n) is 7.13. The highest BCUT2D eigenvalue weighted by Gasteiger charge is 2.14. The maximum absolute atomic E-state index is 11.9. The average molecular weight is 308 g/mol. The molecule has 5 nitrogen and oxygen atoms in total. The second-order valence-electron chi connectivity index (χ2n) is 5.12. The third-order valence-electron chi connectivity index (χ3n) is 3.56. The maximum Gasteiger partial charge on any atom is 0.244 e. The Labute approximate surface area is 133 Å². The van der Waals surface area contributed by atoms with Crippen LogP contribution in [0.5, 0.6) is 11.5 Å². The number of methoxy groups -OCH3 is 1. The van der Waals surface area contributed by atoms with Crippen LogP contribution in [0.15, 0.2) is 54.6 Å². The molecule has 5 heteroatoms. The van der Waals surface area contributed by atoms with Crippen molar-refractivity contribution in [2.24, 2.45) is 0 Å². The van der Waals surface area contributed by atoms with E-state index in [2.05, 4.69) is 5.10 Å². The summed E-state index contributed by atoms with van der Waals surface area (Å²) in [7, 11) is 1.61. The van der Waals surface area contributed by atoms with Gasteiger partial charge in [-0.25, -0.2) is 0 Å². The van der Waals surface area contributed by atoms with E-state index in [-0.39, 0.29) is 11.7 Å². The summed E-state index contributed by atoms with van der Waals surface area (Å²) in [6.07, 6.45) is 0. The standard InChI is InChI=1S/C18H16N2O3/c1-12(21)20-18(14-3-7-15(22)8-4-14)11-17(19-20)13-5-9-16(23-2)10-6-13/h3-11,22H,1-2H3. The van der Waals surface area contributed by atoms with Gasteiger partial charge in [-0.05, 0) is 54.6 Å². The van der Waals surface area contributed by atoms with Crippen LogP contribution in [0.2, 0.25) is 0 Å². The van der Waals surface area contributed by atoms with Crippen molar-refractivity contribution in [3.8, 4) is 34.0 Å². The van der Waals surface area contributed by atoms with E-state index in [1.54, 1.807) is 31.4 Å². The molecule has 3 rings (SSSR count). The number of benzene rings is 2. The van der Waals surface area contributed by atoms with Gasteiger partial charge in [0, 0.05) is 18.1 Å². The van der Waals surface area contributed by atoms with Crippen LogP contribution in [0.4, 0.5) is 0 Å². The minimum absolute atomic E-state index is 0.173. The first-order chi connectivity index (χ1) is 11.1. The molecule has 1 N–H and O–H groups in total. The van der Waals surface area contributed by atoms with E-state index < -0.39 is 0 Å². The Hall–Kier alpha value is -3.08. The lowest BCUT2D eigenvalue weighted by Crippen LogP contribution is -2.09. The number of hydrogen-bond donors (Lipinski definition) is 1. The van der Waals surface area contributed by atoms with Gasteiger partial charge in [-0.1, -0.05) is 0 Å². The van der Waals surface area contributed by atoms with Gasteiger partial charge in [0.25, 0.3) is 0 Å². The molecule has 0 radical (unpaired) electrons. The molecule has 0 spiro atoms. The topological polar surface area (TPSA) is 64.3 Å². The van der Waals surface area contributed by atoms with Gasteiger partial charge in [-0.3, -0.25) is 4.79 Å². The minimum atomic E-state index is -0.173. The molecule has 0 saturated carbocycles. The molecular weight excluding hydrogens is 292 g/mol. The molecule has 2 aromatic carbocycles. The fourth-order valence-corrected chi connectivity index (χ4v) is 2.36. The second-order valence-corrected chi connectivity index (χ2v) is 5.12. The predicted molar refractivity (Wildman–Crippen MR) is 87.6 cm³/mol. The van der Waals surface area contributed by atoms with Crippen LogP contribution in [0.25, 0.3) is 22.5 Å². The van der Waals surface area contributed by atoms with E-state index in [4.69, 9.17) is 4.74 Å². The van der Waals surface area contributed by atoms with Gasteiger partial charge in [-0.15, -0.1) is 0 Å². The summed E-state index contributed by atoms with van der Waals surface area (Å²) in [6.45, 7) is 1.47. The zero-order valence-electron chi connectivity index (χ0n) is 12.9. The number of ether oxygens (including phenoxy) is 1. The third-order valence-corrected chi connectivity index (χ3v) is 3.56. The Kier molecular flexibility index (Phi) is 3.85. The summed E-state index contributed by atoms with van der Waals surface area (Å²) < 4.78 is 6.52. The van der Waals surface area contributed by atoms with E-state index in [1.807, 2.05) is 30.3 Å². The van der Waals surface area contributed by atoms with Crippen molar-refractivity contribution in [3.05, 3.63) is 54.6 Å². The lowest BCUT2D eigenvalue weighted by atomic mass is 10.1. The molecule has 0 saturated heterocycles. The molecule has 3 aromatic rings. The lowest BCUT2D eigenvalue weighted by Gasteiger charge is -2.03. The summed E-state index contributed by atoms with van der Waals surface area (Å²) in [5.41, 5.74) is 3.09. The molecular formula is C18H16N2O3.